The molecule has 2 heteroatoms. The van der Waals surface area contributed by atoms with Gasteiger partial charge in [-0.2, -0.15) is 0 Å². The highest BCUT2D eigenvalue weighted by molar-refractivity contribution is 5.28. The van der Waals surface area contributed by atoms with Crippen molar-refractivity contribution in [2.45, 2.75) is 38.2 Å². The average molecular weight is 194 g/mol. The van der Waals surface area contributed by atoms with Crippen LogP contribution in [-0.2, 0) is 6.42 Å². The minimum atomic E-state index is -0.557. The van der Waals surface area contributed by atoms with Gasteiger partial charge in [0.25, 0.3) is 0 Å². The Morgan fingerprint density at radius 1 is 1.43 bits per heavy atom. The molecule has 1 N–H and O–H groups in total. The van der Waals surface area contributed by atoms with Gasteiger partial charge in [0.2, 0.25) is 0 Å². The predicted octanol–water partition coefficient (Wildman–Crippen LogP) is 2.59. The molecule has 14 heavy (non-hydrogen) atoms. The molecule has 0 bridgehead atoms. The standard InChI is InChI=1S/C12H15FO/c1-9-3-4-11(13)7-10(9)8-12(14)5-2-6-12/h3-4,7,14H,2,5-6,8H2,1H3. The number of hydrogen-bond donors (Lipinski definition) is 1. The van der Waals surface area contributed by atoms with E-state index in [0.29, 0.717) is 6.42 Å². The molecule has 0 aromatic heterocycles. The van der Waals surface area contributed by atoms with Crippen molar-refractivity contribution in [1.82, 2.24) is 0 Å². The summed E-state index contributed by atoms with van der Waals surface area (Å²) in [5.41, 5.74) is 1.44. The van der Waals surface area contributed by atoms with Crippen molar-refractivity contribution in [3.05, 3.63) is 35.1 Å². The van der Waals surface area contributed by atoms with Crippen molar-refractivity contribution >= 4 is 0 Å². The molecule has 1 aromatic carbocycles. The first-order valence-corrected chi connectivity index (χ1v) is 5.06. The summed E-state index contributed by atoms with van der Waals surface area (Å²) in [7, 11) is 0. The van der Waals surface area contributed by atoms with Crippen LogP contribution in [0.5, 0.6) is 0 Å². The monoisotopic (exact) mass is 194 g/mol. The van der Waals surface area contributed by atoms with Crippen LogP contribution in [-0.4, -0.2) is 10.7 Å². The molecule has 1 aliphatic carbocycles. The SMILES string of the molecule is Cc1ccc(F)cc1CC1(O)CCC1. The molecule has 1 nitrogen and oxygen atoms in total. The molecule has 1 saturated carbocycles. The molecule has 0 saturated heterocycles. The van der Waals surface area contributed by atoms with E-state index in [-0.39, 0.29) is 5.82 Å². The summed E-state index contributed by atoms with van der Waals surface area (Å²) < 4.78 is 13.0. The molecule has 0 unspecified atom stereocenters. The normalized spacial score (nSPS) is 19.1. The predicted molar refractivity (Wildman–Crippen MR) is 53.6 cm³/mol. The molecular weight excluding hydrogens is 179 g/mol. The van der Waals surface area contributed by atoms with Gasteiger partial charge in [0.15, 0.2) is 0 Å². The van der Waals surface area contributed by atoms with Gasteiger partial charge in [0, 0.05) is 6.42 Å². The molecule has 0 atom stereocenters. The second-order valence-electron chi connectivity index (χ2n) is 4.33. The number of benzene rings is 1. The van der Waals surface area contributed by atoms with Gasteiger partial charge in [-0.3, -0.25) is 0 Å². The minimum Gasteiger partial charge on any atom is -0.390 e. The first-order valence-electron chi connectivity index (χ1n) is 5.06. The largest absolute Gasteiger partial charge is 0.390 e. The molecule has 1 aliphatic rings. The number of hydrogen-bond acceptors (Lipinski definition) is 1. The van der Waals surface area contributed by atoms with Crippen LogP contribution in [0.2, 0.25) is 0 Å². The maximum absolute atomic E-state index is 13.0. The fourth-order valence-electron chi connectivity index (χ4n) is 1.95. The Kier molecular flexibility index (Phi) is 2.31. The van der Waals surface area contributed by atoms with Gasteiger partial charge in [0.1, 0.15) is 5.82 Å². The average Bonchev–Trinajstić information content (AvgIpc) is 2.09. The summed E-state index contributed by atoms with van der Waals surface area (Å²) in [5.74, 6) is -0.214. The lowest BCUT2D eigenvalue weighted by Gasteiger charge is -2.37. The third kappa shape index (κ3) is 1.80. The molecule has 1 fully saturated rings. The number of rotatable bonds is 2. The minimum absolute atomic E-state index is 0.214. The molecule has 76 valence electrons. The van der Waals surface area contributed by atoms with Gasteiger partial charge < -0.3 is 5.11 Å². The van der Waals surface area contributed by atoms with Gasteiger partial charge in [-0.1, -0.05) is 6.07 Å². The molecule has 0 radical (unpaired) electrons. The van der Waals surface area contributed by atoms with Crippen LogP contribution in [0.3, 0.4) is 0 Å². The van der Waals surface area contributed by atoms with Crippen molar-refractivity contribution in [2.24, 2.45) is 0 Å². The lowest BCUT2D eigenvalue weighted by molar-refractivity contribution is -0.0324. The third-order valence-corrected chi connectivity index (χ3v) is 3.11. The molecule has 1 aromatic rings. The maximum atomic E-state index is 13.0. The molecule has 2 rings (SSSR count). The van der Waals surface area contributed by atoms with Gasteiger partial charge in [-0.15, -0.1) is 0 Å². The van der Waals surface area contributed by atoms with E-state index in [0.717, 1.165) is 30.4 Å². The highest BCUT2D eigenvalue weighted by atomic mass is 19.1. The van der Waals surface area contributed by atoms with Crippen LogP contribution in [0.1, 0.15) is 30.4 Å². The summed E-state index contributed by atoms with van der Waals surface area (Å²) in [6, 6.07) is 4.77. The van der Waals surface area contributed by atoms with E-state index in [1.54, 1.807) is 6.07 Å². The molecule has 0 spiro atoms. The number of aryl methyl sites for hydroxylation is 1. The van der Waals surface area contributed by atoms with E-state index in [4.69, 9.17) is 0 Å². The van der Waals surface area contributed by atoms with Crippen molar-refractivity contribution < 1.29 is 9.50 Å². The van der Waals surface area contributed by atoms with Crippen molar-refractivity contribution in [3.63, 3.8) is 0 Å². The van der Waals surface area contributed by atoms with Gasteiger partial charge >= 0.3 is 0 Å². The van der Waals surface area contributed by atoms with Crippen molar-refractivity contribution in [1.29, 1.82) is 0 Å². The highest BCUT2D eigenvalue weighted by Gasteiger charge is 2.34. The summed E-state index contributed by atoms with van der Waals surface area (Å²) in [6.45, 7) is 1.96. The Balaban J connectivity index is 2.19. The summed E-state index contributed by atoms with van der Waals surface area (Å²) in [4.78, 5) is 0. The Hall–Kier alpha value is -0.890. The quantitative estimate of drug-likeness (QED) is 0.767. The van der Waals surface area contributed by atoms with E-state index in [1.165, 1.54) is 12.1 Å². The van der Waals surface area contributed by atoms with Gasteiger partial charge in [-0.25, -0.2) is 4.39 Å². The Morgan fingerprint density at radius 2 is 2.14 bits per heavy atom. The van der Waals surface area contributed by atoms with E-state index in [2.05, 4.69) is 0 Å². The third-order valence-electron chi connectivity index (χ3n) is 3.11. The lowest BCUT2D eigenvalue weighted by Crippen LogP contribution is -2.39. The first kappa shape index (κ1) is 9.66. The van der Waals surface area contributed by atoms with Crippen LogP contribution in [0, 0.1) is 12.7 Å². The molecular formula is C12H15FO. The Morgan fingerprint density at radius 3 is 2.71 bits per heavy atom. The van der Waals surface area contributed by atoms with E-state index in [1.807, 2.05) is 6.92 Å². The van der Waals surface area contributed by atoms with Gasteiger partial charge in [-0.05, 0) is 49.4 Å². The fraction of sp³-hybridized carbons (Fsp3) is 0.500. The van der Waals surface area contributed by atoms with Crippen LogP contribution in [0.4, 0.5) is 4.39 Å². The maximum Gasteiger partial charge on any atom is 0.123 e. The first-order chi connectivity index (χ1) is 6.59. The molecule has 0 aliphatic heterocycles. The summed E-state index contributed by atoms with van der Waals surface area (Å²) in [5, 5.41) is 9.96. The Bertz CT molecular complexity index is 342. The van der Waals surface area contributed by atoms with Crippen LogP contribution < -0.4 is 0 Å². The second-order valence-corrected chi connectivity index (χ2v) is 4.33. The highest BCUT2D eigenvalue weighted by Crippen LogP contribution is 2.35. The second kappa shape index (κ2) is 3.35. The molecule has 0 amide bonds. The van der Waals surface area contributed by atoms with E-state index in [9.17, 15) is 9.50 Å². The van der Waals surface area contributed by atoms with E-state index < -0.39 is 5.60 Å². The van der Waals surface area contributed by atoms with Crippen LogP contribution in [0.25, 0.3) is 0 Å². The number of halogens is 1. The van der Waals surface area contributed by atoms with Crippen LogP contribution >= 0.6 is 0 Å². The smallest absolute Gasteiger partial charge is 0.123 e. The topological polar surface area (TPSA) is 20.2 Å². The van der Waals surface area contributed by atoms with Crippen LogP contribution in [0.15, 0.2) is 18.2 Å². The lowest BCUT2D eigenvalue weighted by atomic mass is 9.75. The van der Waals surface area contributed by atoms with Gasteiger partial charge in [0.05, 0.1) is 5.60 Å². The zero-order valence-corrected chi connectivity index (χ0v) is 8.39. The zero-order chi connectivity index (χ0) is 10.2. The van der Waals surface area contributed by atoms with Crippen molar-refractivity contribution in [3.8, 4) is 0 Å². The fourth-order valence-corrected chi connectivity index (χ4v) is 1.95. The zero-order valence-electron chi connectivity index (χ0n) is 8.39. The summed E-state index contributed by atoms with van der Waals surface area (Å²) >= 11 is 0. The number of aliphatic hydroxyl groups is 1. The van der Waals surface area contributed by atoms with Crippen molar-refractivity contribution in [2.75, 3.05) is 0 Å². The molecule has 0 heterocycles. The van der Waals surface area contributed by atoms with E-state index >= 15 is 0 Å². The summed E-state index contributed by atoms with van der Waals surface area (Å²) in [6.07, 6.45) is 3.38. The Labute approximate surface area is 83.6 Å².